The number of carbonyl (C=O) groups is 1. The molecule has 182 valence electrons. The molecule has 4 aromatic rings. The van der Waals surface area contributed by atoms with E-state index >= 15 is 4.39 Å². The number of fused-ring (bicyclic) bond motifs is 2. The highest BCUT2D eigenvalue weighted by Gasteiger charge is 2.37. The van der Waals surface area contributed by atoms with Crippen LogP contribution >= 0.6 is 11.3 Å². The number of nitrogens with two attached hydrogens (primary N) is 1. The van der Waals surface area contributed by atoms with E-state index in [1.165, 1.54) is 23.7 Å². The van der Waals surface area contributed by atoms with E-state index in [0.29, 0.717) is 57.0 Å². The summed E-state index contributed by atoms with van der Waals surface area (Å²) in [5.74, 6) is 0.231. The second-order valence-corrected chi connectivity index (χ2v) is 9.55. The van der Waals surface area contributed by atoms with Crippen molar-refractivity contribution in [3.05, 3.63) is 42.5 Å². The van der Waals surface area contributed by atoms with Crippen molar-refractivity contribution in [2.75, 3.05) is 33.1 Å². The van der Waals surface area contributed by atoms with Crippen LogP contribution in [0.5, 0.6) is 5.75 Å². The summed E-state index contributed by atoms with van der Waals surface area (Å²) in [5.41, 5.74) is 8.00. The maximum absolute atomic E-state index is 15.8. The van der Waals surface area contributed by atoms with Crippen molar-refractivity contribution in [3.63, 3.8) is 0 Å². The number of anilines is 1. The molecule has 0 spiro atoms. The lowest BCUT2D eigenvalue weighted by molar-refractivity contribution is -0.127. The summed E-state index contributed by atoms with van der Waals surface area (Å²) in [5, 5.41) is 5.75. The quantitative estimate of drug-likeness (QED) is 0.405. The van der Waals surface area contributed by atoms with Gasteiger partial charge in [0.25, 0.3) is 0 Å². The molecule has 0 radical (unpaired) electrons. The van der Waals surface area contributed by atoms with Gasteiger partial charge >= 0.3 is 0 Å². The summed E-state index contributed by atoms with van der Waals surface area (Å²) in [4.78, 5) is 23.1. The number of amides is 1. The molecule has 9 nitrogen and oxygen atoms in total. The van der Waals surface area contributed by atoms with Crippen molar-refractivity contribution in [1.29, 1.82) is 0 Å². The van der Waals surface area contributed by atoms with Gasteiger partial charge in [-0.1, -0.05) is 6.58 Å². The summed E-state index contributed by atoms with van der Waals surface area (Å²) < 4.78 is 29.0. The highest BCUT2D eigenvalue weighted by atomic mass is 32.1. The van der Waals surface area contributed by atoms with E-state index in [0.717, 1.165) is 5.56 Å². The number of halogens is 1. The fourth-order valence-corrected chi connectivity index (χ4v) is 5.94. The van der Waals surface area contributed by atoms with E-state index in [-0.39, 0.29) is 23.8 Å². The lowest BCUT2D eigenvalue weighted by Crippen LogP contribution is -2.37. The molecule has 1 saturated heterocycles. The standard InChI is InChI=1S/C24H25FN6O3S/c1-5-17(32)30-9-13(8-14(30)10-33-3)31-24-18(23(26)27-11-28-24)20(29-31)22-19(25)15-6-12(2)7-16(34-4)21(15)35-22/h5-7,11,13-14H,1,8-10H2,2-4H3,(H2,26,27,28)/t13-,14+/m0/s1. The van der Waals surface area contributed by atoms with Gasteiger partial charge in [0.1, 0.15) is 23.6 Å². The molecule has 1 aliphatic heterocycles. The Labute approximate surface area is 205 Å². The molecule has 1 aromatic carbocycles. The zero-order chi connectivity index (χ0) is 24.9. The normalized spacial score (nSPS) is 18.0. The molecule has 3 aromatic heterocycles. The lowest BCUT2D eigenvalue weighted by Gasteiger charge is -2.22. The number of benzene rings is 1. The fourth-order valence-electron chi connectivity index (χ4n) is 4.80. The maximum atomic E-state index is 15.8. The van der Waals surface area contributed by atoms with Crippen molar-refractivity contribution < 1.29 is 18.7 Å². The zero-order valence-corrected chi connectivity index (χ0v) is 20.4. The van der Waals surface area contributed by atoms with Gasteiger partial charge in [0, 0.05) is 19.0 Å². The summed E-state index contributed by atoms with van der Waals surface area (Å²) in [6.07, 6.45) is 3.25. The SMILES string of the molecule is C=CC(=O)N1C[C@@H](n2nc(-c3sc4c(OC)cc(C)cc4c3F)c3c(N)ncnc32)C[C@@H]1COC. The molecule has 1 fully saturated rings. The first-order valence-electron chi connectivity index (χ1n) is 11.1. The number of hydrogen-bond acceptors (Lipinski definition) is 8. The largest absolute Gasteiger partial charge is 0.495 e. The van der Waals surface area contributed by atoms with Crippen molar-refractivity contribution in [2.24, 2.45) is 0 Å². The van der Waals surface area contributed by atoms with Gasteiger partial charge in [-0.15, -0.1) is 11.3 Å². The van der Waals surface area contributed by atoms with Gasteiger partial charge in [-0.3, -0.25) is 4.79 Å². The van der Waals surface area contributed by atoms with Crippen LogP contribution in [0, 0.1) is 12.7 Å². The summed E-state index contributed by atoms with van der Waals surface area (Å²) in [7, 11) is 3.16. The molecule has 2 atom stereocenters. The molecule has 0 aliphatic carbocycles. The van der Waals surface area contributed by atoms with Gasteiger partial charge in [-0.2, -0.15) is 5.10 Å². The number of hydrogen-bond donors (Lipinski definition) is 1. The predicted molar refractivity (Wildman–Crippen MR) is 133 cm³/mol. The van der Waals surface area contributed by atoms with E-state index in [4.69, 9.17) is 20.3 Å². The highest BCUT2D eigenvalue weighted by molar-refractivity contribution is 7.22. The Morgan fingerprint density at radius 1 is 1.37 bits per heavy atom. The molecule has 0 unspecified atom stereocenters. The van der Waals surface area contributed by atoms with Crippen LogP contribution in [0.15, 0.2) is 31.1 Å². The molecule has 35 heavy (non-hydrogen) atoms. The molecule has 2 N–H and O–H groups in total. The van der Waals surface area contributed by atoms with E-state index in [1.54, 1.807) is 29.9 Å². The Kier molecular flexibility index (Phi) is 5.89. The van der Waals surface area contributed by atoms with Gasteiger partial charge in [-0.05, 0) is 37.1 Å². The number of nitrogens with zero attached hydrogens (tertiary/aromatic N) is 5. The molecule has 4 heterocycles. The van der Waals surface area contributed by atoms with Crippen LogP contribution in [0.3, 0.4) is 0 Å². The third-order valence-electron chi connectivity index (χ3n) is 6.35. The minimum atomic E-state index is -0.394. The summed E-state index contributed by atoms with van der Waals surface area (Å²) >= 11 is 1.25. The smallest absolute Gasteiger partial charge is 0.246 e. The monoisotopic (exact) mass is 496 g/mol. The van der Waals surface area contributed by atoms with Crippen molar-refractivity contribution in [1.82, 2.24) is 24.6 Å². The lowest BCUT2D eigenvalue weighted by atomic mass is 10.1. The molecule has 11 heteroatoms. The highest BCUT2D eigenvalue weighted by Crippen LogP contribution is 2.45. The van der Waals surface area contributed by atoms with E-state index in [9.17, 15) is 4.79 Å². The minimum Gasteiger partial charge on any atom is -0.495 e. The topological polar surface area (TPSA) is 108 Å². The second kappa shape index (κ2) is 8.90. The Morgan fingerprint density at radius 3 is 2.89 bits per heavy atom. The number of nitrogen functional groups attached to an aromatic ring is 1. The van der Waals surface area contributed by atoms with Crippen LogP contribution in [-0.2, 0) is 9.53 Å². The van der Waals surface area contributed by atoms with Crippen LogP contribution in [0.2, 0.25) is 0 Å². The first-order valence-corrected chi connectivity index (χ1v) is 11.9. The van der Waals surface area contributed by atoms with Crippen molar-refractivity contribution in [2.45, 2.75) is 25.4 Å². The number of rotatable bonds is 6. The van der Waals surface area contributed by atoms with Crippen LogP contribution in [0.25, 0.3) is 31.7 Å². The first kappa shape index (κ1) is 23.2. The first-order chi connectivity index (χ1) is 16.9. The van der Waals surface area contributed by atoms with Crippen molar-refractivity contribution in [3.8, 4) is 16.3 Å². The Morgan fingerprint density at radius 2 is 2.17 bits per heavy atom. The molecular formula is C24H25FN6O3S. The number of carbonyl (C=O) groups excluding carboxylic acids is 1. The molecule has 0 bridgehead atoms. The molecule has 1 aliphatic rings. The zero-order valence-electron chi connectivity index (χ0n) is 19.6. The molecule has 1 amide bonds. The van der Waals surface area contributed by atoms with Crippen LogP contribution in [0.4, 0.5) is 10.2 Å². The van der Waals surface area contributed by atoms with Crippen LogP contribution in [-0.4, -0.2) is 64.0 Å². The second-order valence-electron chi connectivity index (χ2n) is 8.53. The number of aromatic nitrogens is 4. The molecular weight excluding hydrogens is 471 g/mol. The maximum Gasteiger partial charge on any atom is 0.246 e. The van der Waals surface area contributed by atoms with Crippen molar-refractivity contribution >= 4 is 44.2 Å². The third kappa shape index (κ3) is 3.71. The molecule has 0 saturated carbocycles. The van der Waals surface area contributed by atoms with Gasteiger partial charge in [-0.25, -0.2) is 19.0 Å². The minimum absolute atomic E-state index is 0.148. The number of ether oxygens (including phenoxy) is 2. The van der Waals surface area contributed by atoms with Crippen LogP contribution in [0.1, 0.15) is 18.0 Å². The molecule has 5 rings (SSSR count). The number of methoxy groups -OCH3 is 2. The Balaban J connectivity index is 1.68. The number of aryl methyl sites for hydroxylation is 1. The van der Waals surface area contributed by atoms with Crippen LogP contribution < -0.4 is 10.5 Å². The fraction of sp³-hybridized carbons (Fsp3) is 0.333. The Hall–Kier alpha value is -3.57. The third-order valence-corrected chi connectivity index (χ3v) is 7.55. The number of likely N-dealkylation sites (tertiary alicyclic amines) is 1. The van der Waals surface area contributed by atoms with E-state index < -0.39 is 5.82 Å². The van der Waals surface area contributed by atoms with E-state index in [2.05, 4.69) is 16.5 Å². The van der Waals surface area contributed by atoms with Gasteiger partial charge in [0.05, 0.1) is 40.8 Å². The number of thiophene rings is 1. The Bertz CT molecular complexity index is 1470. The average Bonchev–Trinajstić information content (AvgIpc) is 3.53. The summed E-state index contributed by atoms with van der Waals surface area (Å²) in [6, 6.07) is 3.30. The summed E-state index contributed by atoms with van der Waals surface area (Å²) in [6.45, 7) is 6.27. The van der Waals surface area contributed by atoms with Gasteiger partial charge in [0.15, 0.2) is 11.5 Å². The van der Waals surface area contributed by atoms with Gasteiger partial charge < -0.3 is 20.1 Å². The van der Waals surface area contributed by atoms with E-state index in [1.807, 2.05) is 13.0 Å². The average molecular weight is 497 g/mol. The van der Waals surface area contributed by atoms with Gasteiger partial charge in [0.2, 0.25) is 5.91 Å². The predicted octanol–water partition coefficient (Wildman–Crippen LogP) is 3.72.